The molecule has 1 N–H and O–H groups in total. The minimum absolute atomic E-state index is 0.217. The van der Waals surface area contributed by atoms with Gasteiger partial charge in [-0.05, 0) is 24.8 Å². The average Bonchev–Trinajstić information content (AvgIpc) is 2.61. The van der Waals surface area contributed by atoms with Gasteiger partial charge in [0.25, 0.3) is 5.91 Å². The third-order valence-electron chi connectivity index (χ3n) is 4.00. The van der Waals surface area contributed by atoms with Crippen LogP contribution in [0.15, 0.2) is 12.1 Å². The Morgan fingerprint density at radius 1 is 1.00 bits per heavy atom. The van der Waals surface area contributed by atoms with Crippen LogP contribution in [0.2, 0.25) is 15.1 Å². The summed E-state index contributed by atoms with van der Waals surface area (Å²) >= 11 is 17.6. The molecule has 1 aromatic rings. The van der Waals surface area contributed by atoms with Crippen molar-refractivity contribution >= 4 is 46.7 Å². The second-order valence-corrected chi connectivity index (χ2v) is 7.18. The van der Waals surface area contributed by atoms with Gasteiger partial charge in [-0.3, -0.25) is 4.79 Å². The average molecular weight is 409 g/mol. The largest absolute Gasteiger partial charge is 0.480 e. The highest BCUT2D eigenvalue weighted by molar-refractivity contribution is 6.43. The third kappa shape index (κ3) is 6.92. The van der Waals surface area contributed by atoms with Gasteiger partial charge in [-0.1, -0.05) is 54.1 Å². The molecular weight excluding hydrogens is 389 g/mol. The molecule has 138 valence electrons. The Morgan fingerprint density at radius 2 is 1.68 bits per heavy atom. The first-order valence-corrected chi connectivity index (χ1v) is 9.28. The van der Waals surface area contributed by atoms with Crippen molar-refractivity contribution in [3.8, 4) is 5.75 Å². The van der Waals surface area contributed by atoms with Crippen molar-refractivity contribution in [2.45, 2.75) is 32.1 Å². The van der Waals surface area contributed by atoms with E-state index in [2.05, 4.69) is 5.32 Å². The fraction of sp³-hybridized carbons (Fsp3) is 0.529. The topological polar surface area (TPSA) is 64.6 Å². The summed E-state index contributed by atoms with van der Waals surface area (Å²) in [4.78, 5) is 23.4. The maximum atomic E-state index is 11.7. The van der Waals surface area contributed by atoms with Crippen LogP contribution in [-0.4, -0.2) is 31.6 Å². The Kier molecular flexibility index (Phi) is 8.13. The molecule has 0 radical (unpaired) electrons. The number of halogens is 3. The lowest BCUT2D eigenvalue weighted by atomic mass is 9.89. The van der Waals surface area contributed by atoms with Gasteiger partial charge in [-0.25, -0.2) is 4.79 Å². The van der Waals surface area contributed by atoms with E-state index in [1.54, 1.807) is 0 Å². The molecule has 0 atom stereocenters. The molecule has 2 rings (SSSR count). The highest BCUT2D eigenvalue weighted by atomic mass is 35.5. The van der Waals surface area contributed by atoms with Crippen molar-refractivity contribution in [1.29, 1.82) is 0 Å². The molecular formula is C17H20Cl3NO4. The van der Waals surface area contributed by atoms with Gasteiger partial charge < -0.3 is 14.8 Å². The van der Waals surface area contributed by atoms with E-state index in [-0.39, 0.29) is 39.9 Å². The molecule has 0 saturated heterocycles. The zero-order valence-electron chi connectivity index (χ0n) is 13.7. The predicted molar refractivity (Wildman–Crippen MR) is 97.5 cm³/mol. The van der Waals surface area contributed by atoms with Crippen LogP contribution in [0.1, 0.15) is 32.1 Å². The fourth-order valence-electron chi connectivity index (χ4n) is 2.64. The van der Waals surface area contributed by atoms with Gasteiger partial charge in [0.2, 0.25) is 0 Å². The van der Waals surface area contributed by atoms with Gasteiger partial charge in [-0.15, -0.1) is 0 Å². The summed E-state index contributed by atoms with van der Waals surface area (Å²) in [7, 11) is 0. The van der Waals surface area contributed by atoms with E-state index in [0.29, 0.717) is 12.5 Å². The number of benzene rings is 1. The second-order valence-electron chi connectivity index (χ2n) is 5.95. The number of nitrogens with one attached hydrogen (secondary N) is 1. The summed E-state index contributed by atoms with van der Waals surface area (Å²) in [6.07, 6.45) is 5.97. The van der Waals surface area contributed by atoms with Crippen molar-refractivity contribution in [2.75, 3.05) is 19.8 Å². The molecule has 1 saturated carbocycles. The smallest absolute Gasteiger partial charge is 0.344 e. The van der Waals surface area contributed by atoms with Crippen LogP contribution in [0.4, 0.5) is 0 Å². The van der Waals surface area contributed by atoms with Gasteiger partial charge in [0.15, 0.2) is 13.2 Å². The standard InChI is InChI=1S/C17H20Cl3NO4/c18-12-6-14(20)15(7-13(12)19)24-10-17(23)25-9-16(22)21-8-11-4-2-1-3-5-11/h6-7,11H,1-5,8-10H2,(H,21,22). The lowest BCUT2D eigenvalue weighted by Crippen LogP contribution is -2.34. The molecule has 0 heterocycles. The van der Waals surface area contributed by atoms with Crippen LogP contribution in [0.3, 0.4) is 0 Å². The summed E-state index contributed by atoms with van der Waals surface area (Å²) in [6.45, 7) is -0.0800. The monoisotopic (exact) mass is 407 g/mol. The van der Waals surface area contributed by atoms with Gasteiger partial charge in [0, 0.05) is 12.6 Å². The molecule has 8 heteroatoms. The van der Waals surface area contributed by atoms with E-state index in [1.165, 1.54) is 31.4 Å². The molecule has 0 aliphatic heterocycles. The molecule has 5 nitrogen and oxygen atoms in total. The summed E-state index contributed by atoms with van der Waals surface area (Å²) < 4.78 is 10.1. The third-order valence-corrected chi connectivity index (χ3v) is 5.01. The summed E-state index contributed by atoms with van der Waals surface area (Å²) in [5.74, 6) is -0.246. The van der Waals surface area contributed by atoms with E-state index >= 15 is 0 Å². The van der Waals surface area contributed by atoms with Crippen LogP contribution in [-0.2, 0) is 14.3 Å². The van der Waals surface area contributed by atoms with Crippen LogP contribution in [0, 0.1) is 5.92 Å². The molecule has 0 unspecified atom stereocenters. The Balaban J connectivity index is 1.66. The van der Waals surface area contributed by atoms with Gasteiger partial charge in [0.05, 0.1) is 15.1 Å². The minimum Gasteiger partial charge on any atom is -0.480 e. The number of esters is 1. The number of rotatable bonds is 7. The van der Waals surface area contributed by atoms with Crippen molar-refractivity contribution in [2.24, 2.45) is 5.92 Å². The van der Waals surface area contributed by atoms with Gasteiger partial charge in [0.1, 0.15) is 5.75 Å². The first-order chi connectivity index (χ1) is 12.0. The van der Waals surface area contributed by atoms with Crippen molar-refractivity contribution in [3.63, 3.8) is 0 Å². The van der Waals surface area contributed by atoms with Crippen molar-refractivity contribution in [3.05, 3.63) is 27.2 Å². The first-order valence-electron chi connectivity index (χ1n) is 8.15. The highest BCUT2D eigenvalue weighted by Gasteiger charge is 2.15. The van der Waals surface area contributed by atoms with E-state index < -0.39 is 5.97 Å². The predicted octanol–water partition coefficient (Wildman–Crippen LogP) is 4.27. The molecule has 1 aromatic carbocycles. The summed E-state index contributed by atoms with van der Waals surface area (Å²) in [6, 6.07) is 2.83. The lowest BCUT2D eigenvalue weighted by Gasteiger charge is -2.21. The Morgan fingerprint density at radius 3 is 2.40 bits per heavy atom. The number of hydrogen-bond acceptors (Lipinski definition) is 4. The number of ether oxygens (including phenoxy) is 2. The second kappa shape index (κ2) is 10.1. The molecule has 1 aliphatic rings. The molecule has 0 aromatic heterocycles. The van der Waals surface area contributed by atoms with Crippen molar-refractivity contribution < 1.29 is 19.1 Å². The first kappa shape index (κ1) is 20.1. The number of carbonyl (C=O) groups excluding carboxylic acids is 2. The fourth-order valence-corrected chi connectivity index (χ4v) is 3.23. The molecule has 1 fully saturated rings. The quantitative estimate of drug-likeness (QED) is 0.540. The Labute approximate surface area is 161 Å². The number of carbonyl (C=O) groups is 2. The zero-order valence-corrected chi connectivity index (χ0v) is 15.9. The Hall–Kier alpha value is -1.17. The van der Waals surface area contributed by atoms with Crippen LogP contribution in [0.25, 0.3) is 0 Å². The number of hydrogen-bond donors (Lipinski definition) is 1. The van der Waals surface area contributed by atoms with E-state index in [1.807, 2.05) is 0 Å². The lowest BCUT2D eigenvalue weighted by molar-refractivity contribution is -0.150. The van der Waals surface area contributed by atoms with Gasteiger partial charge >= 0.3 is 5.97 Å². The van der Waals surface area contributed by atoms with Crippen molar-refractivity contribution in [1.82, 2.24) is 5.32 Å². The Bertz CT molecular complexity index is 618. The normalized spacial score (nSPS) is 14.8. The molecule has 1 amide bonds. The minimum atomic E-state index is -0.671. The maximum absolute atomic E-state index is 11.7. The van der Waals surface area contributed by atoms with E-state index in [0.717, 1.165) is 12.8 Å². The maximum Gasteiger partial charge on any atom is 0.344 e. The van der Waals surface area contributed by atoms with Gasteiger partial charge in [-0.2, -0.15) is 0 Å². The SMILES string of the molecule is O=C(COC(=O)COc1cc(Cl)c(Cl)cc1Cl)NCC1CCCCC1. The summed E-state index contributed by atoms with van der Waals surface area (Å²) in [5.41, 5.74) is 0. The van der Waals surface area contributed by atoms with E-state index in [4.69, 9.17) is 44.3 Å². The van der Waals surface area contributed by atoms with Crippen LogP contribution < -0.4 is 10.1 Å². The molecule has 0 spiro atoms. The number of amides is 1. The molecule has 25 heavy (non-hydrogen) atoms. The van der Waals surface area contributed by atoms with E-state index in [9.17, 15) is 9.59 Å². The summed E-state index contributed by atoms with van der Waals surface area (Å²) in [5, 5.41) is 3.57. The zero-order chi connectivity index (χ0) is 18.2. The highest BCUT2D eigenvalue weighted by Crippen LogP contribution is 2.33. The molecule has 0 bridgehead atoms. The van der Waals surface area contributed by atoms with Crippen LogP contribution >= 0.6 is 34.8 Å². The molecule has 1 aliphatic carbocycles. The van der Waals surface area contributed by atoms with Crippen LogP contribution in [0.5, 0.6) is 5.75 Å².